The van der Waals surface area contributed by atoms with Crippen LogP contribution < -0.4 is 8.92 Å². The number of benzene rings is 2. The number of rotatable bonds is 7. The standard InChI is InChI=1S/C32H34F4O11S/c1-18-14-23(33)27(44-29(37)20-10-7-6-8-11-20)28-24(45-31(3,4)46-28)13-9-12-21-15-22(47-48(39,40)32(34,35)36)16-25(42-17-41-5)26(21)30(38)43-19(18)2/h6-12,14-16,18-19,24,27-28H,13,17H2,1-5H3/t18-,19+,24?,27?,28?/m1/s1. The Morgan fingerprint density at radius 3 is 2.42 bits per heavy atom. The van der Waals surface area contributed by atoms with E-state index in [1.807, 2.05) is 0 Å². The largest absolute Gasteiger partial charge is 0.534 e. The number of fused-ring (bicyclic) bond motifs is 2. The van der Waals surface area contributed by atoms with E-state index in [-0.39, 0.29) is 23.1 Å². The summed E-state index contributed by atoms with van der Waals surface area (Å²) in [5, 5.41) is 0. The summed E-state index contributed by atoms with van der Waals surface area (Å²) in [7, 11) is -4.87. The van der Waals surface area contributed by atoms with Gasteiger partial charge in [-0.15, -0.1) is 0 Å². The second kappa shape index (κ2) is 14.6. The van der Waals surface area contributed by atoms with Gasteiger partial charge in [-0.3, -0.25) is 0 Å². The molecule has 3 unspecified atom stereocenters. The first-order valence-electron chi connectivity index (χ1n) is 14.6. The lowest BCUT2D eigenvalue weighted by molar-refractivity contribution is -0.154. The first-order chi connectivity index (χ1) is 22.4. The van der Waals surface area contributed by atoms with Gasteiger partial charge in [0.15, 0.2) is 18.7 Å². The van der Waals surface area contributed by atoms with Gasteiger partial charge in [-0.1, -0.05) is 37.3 Å². The molecular weight excluding hydrogens is 668 g/mol. The Morgan fingerprint density at radius 2 is 1.77 bits per heavy atom. The van der Waals surface area contributed by atoms with E-state index >= 15 is 4.39 Å². The molecule has 5 atom stereocenters. The number of carbonyl (C=O) groups is 2. The average Bonchev–Trinajstić information content (AvgIpc) is 3.30. The molecule has 0 N–H and O–H groups in total. The predicted octanol–water partition coefficient (Wildman–Crippen LogP) is 6.10. The normalized spacial score (nSPS) is 24.7. The number of cyclic esters (lactones) is 1. The van der Waals surface area contributed by atoms with Crippen molar-refractivity contribution >= 4 is 28.1 Å². The minimum Gasteiger partial charge on any atom is -0.466 e. The molecule has 0 aromatic heterocycles. The lowest BCUT2D eigenvalue weighted by Crippen LogP contribution is -2.39. The Labute approximate surface area is 274 Å². The van der Waals surface area contributed by atoms with E-state index in [0.717, 1.165) is 18.2 Å². The third kappa shape index (κ3) is 8.72. The van der Waals surface area contributed by atoms with Crippen molar-refractivity contribution in [2.24, 2.45) is 5.92 Å². The van der Waals surface area contributed by atoms with Gasteiger partial charge < -0.3 is 32.6 Å². The molecule has 0 radical (unpaired) electrons. The van der Waals surface area contributed by atoms with Gasteiger partial charge in [-0.2, -0.15) is 21.6 Å². The van der Waals surface area contributed by atoms with Crippen molar-refractivity contribution in [3.63, 3.8) is 0 Å². The van der Waals surface area contributed by atoms with Gasteiger partial charge in [-0.05, 0) is 57.0 Å². The van der Waals surface area contributed by atoms with Gasteiger partial charge in [0, 0.05) is 19.1 Å². The topological polar surface area (TPSA) is 133 Å². The van der Waals surface area contributed by atoms with Crippen molar-refractivity contribution in [3.05, 3.63) is 77.1 Å². The van der Waals surface area contributed by atoms with Crippen LogP contribution in [0.5, 0.6) is 11.5 Å². The molecule has 0 amide bonds. The molecule has 2 aromatic carbocycles. The van der Waals surface area contributed by atoms with Gasteiger partial charge >= 0.3 is 27.6 Å². The summed E-state index contributed by atoms with van der Waals surface area (Å²) >= 11 is 0. The summed E-state index contributed by atoms with van der Waals surface area (Å²) in [5.41, 5.74) is -6.06. The highest BCUT2D eigenvalue weighted by Gasteiger charge is 2.49. The van der Waals surface area contributed by atoms with Gasteiger partial charge in [-0.25, -0.2) is 14.0 Å². The molecule has 262 valence electrons. The highest BCUT2D eigenvalue weighted by Crippen LogP contribution is 2.38. The van der Waals surface area contributed by atoms with Crippen LogP contribution in [0.25, 0.3) is 6.08 Å². The third-order valence-electron chi connectivity index (χ3n) is 7.29. The molecule has 1 fully saturated rings. The van der Waals surface area contributed by atoms with Crippen LogP contribution in [0.1, 0.15) is 60.4 Å². The molecule has 2 aromatic rings. The fourth-order valence-corrected chi connectivity index (χ4v) is 5.35. The number of esters is 2. The summed E-state index contributed by atoms with van der Waals surface area (Å²) < 4.78 is 117. The summed E-state index contributed by atoms with van der Waals surface area (Å²) in [5.74, 6) is -6.10. The highest BCUT2D eigenvalue weighted by molar-refractivity contribution is 7.88. The predicted molar refractivity (Wildman–Crippen MR) is 161 cm³/mol. The monoisotopic (exact) mass is 702 g/mol. The van der Waals surface area contributed by atoms with Crippen LogP contribution >= 0.6 is 0 Å². The number of alkyl halides is 3. The number of methoxy groups -OCH3 is 1. The summed E-state index contributed by atoms with van der Waals surface area (Å²) in [6, 6.07) is 9.55. The van der Waals surface area contributed by atoms with Crippen LogP contribution in [-0.4, -0.2) is 70.0 Å². The van der Waals surface area contributed by atoms with Crippen molar-refractivity contribution < 1.29 is 68.2 Å². The first kappa shape index (κ1) is 36.8. The van der Waals surface area contributed by atoms with E-state index in [4.69, 9.17) is 28.4 Å². The Bertz CT molecular complexity index is 1660. The Balaban J connectivity index is 1.82. The number of halogens is 4. The zero-order valence-electron chi connectivity index (χ0n) is 26.5. The molecule has 0 bridgehead atoms. The Hall–Kier alpha value is -3.99. The number of carbonyl (C=O) groups excluding carboxylic acids is 2. The van der Waals surface area contributed by atoms with Gasteiger partial charge in [0.25, 0.3) is 0 Å². The van der Waals surface area contributed by atoms with Gasteiger partial charge in [0.2, 0.25) is 0 Å². The second-order valence-electron chi connectivity index (χ2n) is 11.4. The maximum Gasteiger partial charge on any atom is 0.534 e. The van der Waals surface area contributed by atoms with Crippen molar-refractivity contribution in [2.45, 2.75) is 69.8 Å². The Morgan fingerprint density at radius 1 is 1.08 bits per heavy atom. The number of ether oxygens (including phenoxy) is 6. The van der Waals surface area contributed by atoms with Gasteiger partial charge in [0.05, 0.1) is 11.7 Å². The van der Waals surface area contributed by atoms with Crippen LogP contribution in [0.3, 0.4) is 0 Å². The maximum absolute atomic E-state index is 16.1. The lowest BCUT2D eigenvalue weighted by atomic mass is 9.98. The quantitative estimate of drug-likeness (QED) is 0.109. The molecule has 2 heterocycles. The van der Waals surface area contributed by atoms with Crippen molar-refractivity contribution in [1.82, 2.24) is 0 Å². The Kier molecular flexibility index (Phi) is 11.2. The third-order valence-corrected chi connectivity index (χ3v) is 8.27. The molecule has 1 saturated heterocycles. The molecule has 2 aliphatic heterocycles. The van der Waals surface area contributed by atoms with Gasteiger partial charge in [0.1, 0.15) is 35.1 Å². The zero-order valence-corrected chi connectivity index (χ0v) is 27.3. The smallest absolute Gasteiger partial charge is 0.466 e. The molecule has 11 nitrogen and oxygen atoms in total. The molecule has 0 spiro atoms. The minimum absolute atomic E-state index is 0.0681. The molecule has 48 heavy (non-hydrogen) atoms. The van der Waals surface area contributed by atoms with E-state index in [1.54, 1.807) is 32.0 Å². The maximum atomic E-state index is 16.1. The van der Waals surface area contributed by atoms with Crippen molar-refractivity contribution in [2.75, 3.05) is 13.9 Å². The second-order valence-corrected chi connectivity index (χ2v) is 12.9. The van der Waals surface area contributed by atoms with Crippen LogP contribution in [0.15, 0.2) is 60.4 Å². The van der Waals surface area contributed by atoms with E-state index in [1.165, 1.54) is 45.2 Å². The van der Waals surface area contributed by atoms with Crippen molar-refractivity contribution in [1.29, 1.82) is 0 Å². The molecule has 0 aliphatic carbocycles. The first-order valence-corrected chi connectivity index (χ1v) is 16.0. The fraction of sp³-hybridized carbons (Fsp3) is 0.438. The van der Waals surface area contributed by atoms with E-state index in [0.29, 0.717) is 0 Å². The minimum atomic E-state index is -6.11. The van der Waals surface area contributed by atoms with E-state index < -0.39 is 87.8 Å². The highest BCUT2D eigenvalue weighted by atomic mass is 32.2. The lowest BCUT2D eigenvalue weighted by Gasteiger charge is -2.27. The zero-order chi connectivity index (χ0) is 35.4. The van der Waals surface area contributed by atoms with Crippen molar-refractivity contribution in [3.8, 4) is 11.5 Å². The van der Waals surface area contributed by atoms with E-state index in [9.17, 15) is 31.2 Å². The molecule has 0 saturated carbocycles. The van der Waals surface area contributed by atoms with Crippen LogP contribution in [-0.2, 0) is 33.8 Å². The van der Waals surface area contributed by atoms with Crippen LogP contribution in [0.2, 0.25) is 0 Å². The summed E-state index contributed by atoms with van der Waals surface area (Å²) in [4.78, 5) is 26.6. The number of hydrogen-bond acceptors (Lipinski definition) is 11. The molecule has 2 aliphatic rings. The fourth-order valence-electron chi connectivity index (χ4n) is 4.90. The SMILES string of the molecule is COCOc1cc(OS(=O)(=O)C(F)(F)F)cc2c1C(=O)O[C@@H](C)[C@H](C)C=C(F)C(OC(=O)c1ccccc1)C1OC(C)(C)OC1CC=C2. The molecular formula is C32H34F4O11S. The van der Waals surface area contributed by atoms with E-state index in [2.05, 4.69) is 4.18 Å². The average molecular weight is 703 g/mol. The van der Waals surface area contributed by atoms with Crippen LogP contribution in [0.4, 0.5) is 17.6 Å². The number of hydrogen-bond donors (Lipinski definition) is 0. The molecule has 4 rings (SSSR count). The summed E-state index contributed by atoms with van der Waals surface area (Å²) in [6.07, 6.45) is -1.02. The van der Waals surface area contributed by atoms with Crippen LogP contribution in [0, 0.1) is 5.92 Å². The summed E-state index contributed by atoms with van der Waals surface area (Å²) in [6.45, 7) is 5.65. The molecule has 16 heteroatoms.